The van der Waals surface area contributed by atoms with Gasteiger partial charge in [0.25, 0.3) is 0 Å². The van der Waals surface area contributed by atoms with Crippen LogP contribution < -0.4 is 0 Å². The van der Waals surface area contributed by atoms with Gasteiger partial charge in [-0.3, -0.25) is 9.89 Å². The maximum Gasteiger partial charge on any atom is 0.309 e. The molecule has 0 aliphatic heterocycles. The van der Waals surface area contributed by atoms with Gasteiger partial charge in [-0.1, -0.05) is 28.7 Å². The summed E-state index contributed by atoms with van der Waals surface area (Å²) in [4.78, 5) is 11.6. The average Bonchev–Trinajstić information content (AvgIpc) is 2.83. The molecule has 0 fully saturated rings. The SMILES string of the molecule is COC(=O)[C@H](CI)Cc1cc(C)c2[nH]ncc2c1. The number of hydrogen-bond acceptors (Lipinski definition) is 3. The number of benzene rings is 1. The van der Waals surface area contributed by atoms with E-state index in [1.807, 2.05) is 13.1 Å². The molecule has 2 aromatic rings. The van der Waals surface area contributed by atoms with E-state index in [0.717, 1.165) is 26.5 Å². The van der Waals surface area contributed by atoms with Crippen molar-refractivity contribution in [2.75, 3.05) is 11.5 Å². The minimum atomic E-state index is -0.144. The maximum atomic E-state index is 11.6. The molecule has 0 spiro atoms. The third-order valence-electron chi connectivity index (χ3n) is 3.01. The summed E-state index contributed by atoms with van der Waals surface area (Å²) in [5.41, 5.74) is 3.35. The zero-order valence-electron chi connectivity index (χ0n) is 10.4. The Morgan fingerprint density at radius 1 is 1.56 bits per heavy atom. The van der Waals surface area contributed by atoms with Crippen LogP contribution in [-0.4, -0.2) is 27.7 Å². The van der Waals surface area contributed by atoms with Crippen molar-refractivity contribution in [2.24, 2.45) is 5.92 Å². The number of aryl methyl sites for hydroxylation is 1. The van der Waals surface area contributed by atoms with Gasteiger partial charge in [0.2, 0.25) is 0 Å². The highest BCUT2D eigenvalue weighted by Crippen LogP contribution is 2.21. The molecule has 0 amide bonds. The molecule has 0 saturated heterocycles. The van der Waals surface area contributed by atoms with Gasteiger partial charge < -0.3 is 4.74 Å². The Kier molecular flexibility index (Phi) is 4.21. The Hall–Kier alpha value is -1.11. The smallest absolute Gasteiger partial charge is 0.309 e. The summed E-state index contributed by atoms with van der Waals surface area (Å²) in [5.74, 6) is -0.228. The highest BCUT2D eigenvalue weighted by molar-refractivity contribution is 14.1. The van der Waals surface area contributed by atoms with Crippen LogP contribution in [0.3, 0.4) is 0 Å². The molecule has 0 radical (unpaired) electrons. The summed E-state index contributed by atoms with van der Waals surface area (Å²) in [6.45, 7) is 2.04. The summed E-state index contributed by atoms with van der Waals surface area (Å²) >= 11 is 2.22. The van der Waals surface area contributed by atoms with Gasteiger partial charge in [0.05, 0.1) is 24.7 Å². The number of nitrogens with one attached hydrogen (secondary N) is 1. The minimum absolute atomic E-state index is 0.0839. The lowest BCUT2D eigenvalue weighted by Gasteiger charge is -2.12. The van der Waals surface area contributed by atoms with Crippen LogP contribution in [0, 0.1) is 12.8 Å². The molecule has 0 unspecified atom stereocenters. The number of aromatic nitrogens is 2. The van der Waals surface area contributed by atoms with Crippen LogP contribution in [0.5, 0.6) is 0 Å². The van der Waals surface area contributed by atoms with E-state index in [1.165, 1.54) is 7.11 Å². The van der Waals surface area contributed by atoms with Gasteiger partial charge in [0, 0.05) is 9.81 Å². The molecule has 1 N–H and O–H groups in total. The van der Waals surface area contributed by atoms with Crippen molar-refractivity contribution in [3.63, 3.8) is 0 Å². The lowest BCUT2D eigenvalue weighted by Crippen LogP contribution is -2.20. The van der Waals surface area contributed by atoms with Crippen molar-refractivity contribution in [3.05, 3.63) is 29.5 Å². The molecule has 2 rings (SSSR count). The van der Waals surface area contributed by atoms with Crippen molar-refractivity contribution < 1.29 is 9.53 Å². The molecule has 18 heavy (non-hydrogen) atoms. The molecule has 5 heteroatoms. The summed E-state index contributed by atoms with van der Waals surface area (Å²) in [6, 6.07) is 4.18. The zero-order valence-corrected chi connectivity index (χ0v) is 12.5. The van der Waals surface area contributed by atoms with Gasteiger partial charge in [-0.2, -0.15) is 5.10 Å². The third kappa shape index (κ3) is 2.66. The topological polar surface area (TPSA) is 55.0 Å². The normalized spacial score (nSPS) is 12.6. The highest BCUT2D eigenvalue weighted by Gasteiger charge is 2.18. The summed E-state index contributed by atoms with van der Waals surface area (Å²) in [6.07, 6.45) is 2.51. The van der Waals surface area contributed by atoms with Gasteiger partial charge in [-0.15, -0.1) is 0 Å². The standard InChI is InChI=1S/C13H15IN2O2/c1-8-3-9(4-10(6-14)13(17)18-2)5-11-7-15-16-12(8)11/h3,5,7,10H,4,6H2,1-2H3,(H,15,16)/t10-/m0/s1. The van der Waals surface area contributed by atoms with E-state index >= 15 is 0 Å². The molecule has 1 aromatic carbocycles. The van der Waals surface area contributed by atoms with E-state index in [4.69, 9.17) is 4.74 Å². The number of methoxy groups -OCH3 is 1. The Balaban J connectivity index is 2.28. The lowest BCUT2D eigenvalue weighted by atomic mass is 9.98. The zero-order chi connectivity index (χ0) is 13.1. The van der Waals surface area contributed by atoms with Crippen LogP contribution in [0.15, 0.2) is 18.3 Å². The molecule has 1 aromatic heterocycles. The van der Waals surface area contributed by atoms with Crippen molar-refractivity contribution in [1.29, 1.82) is 0 Å². The Labute approximate surface area is 119 Å². The molecule has 1 atom stereocenters. The average molecular weight is 358 g/mol. The number of halogens is 1. The summed E-state index contributed by atoms with van der Waals surface area (Å²) in [7, 11) is 1.44. The molecule has 1 heterocycles. The fourth-order valence-corrected chi connectivity index (χ4v) is 2.75. The van der Waals surface area contributed by atoms with Gasteiger partial charge in [0.15, 0.2) is 0 Å². The second-order valence-electron chi connectivity index (χ2n) is 4.33. The van der Waals surface area contributed by atoms with Crippen molar-refractivity contribution in [2.45, 2.75) is 13.3 Å². The van der Waals surface area contributed by atoms with E-state index in [-0.39, 0.29) is 11.9 Å². The maximum absolute atomic E-state index is 11.6. The van der Waals surface area contributed by atoms with Crippen molar-refractivity contribution >= 4 is 39.5 Å². The second kappa shape index (κ2) is 5.69. The lowest BCUT2D eigenvalue weighted by molar-refractivity contribution is -0.144. The van der Waals surface area contributed by atoms with Crippen molar-refractivity contribution in [1.82, 2.24) is 10.2 Å². The van der Waals surface area contributed by atoms with E-state index in [9.17, 15) is 4.79 Å². The van der Waals surface area contributed by atoms with Crippen LogP contribution in [0.1, 0.15) is 11.1 Å². The fourth-order valence-electron chi connectivity index (χ4n) is 2.08. The summed E-state index contributed by atoms with van der Waals surface area (Å²) in [5, 5.41) is 8.09. The van der Waals surface area contributed by atoms with Gasteiger partial charge in [-0.25, -0.2) is 0 Å². The molecule has 0 aliphatic carbocycles. The molecular weight excluding hydrogens is 343 g/mol. The summed E-state index contributed by atoms with van der Waals surface area (Å²) < 4.78 is 5.57. The molecule has 4 nitrogen and oxygen atoms in total. The number of ether oxygens (including phenoxy) is 1. The van der Waals surface area contributed by atoms with Crippen LogP contribution in [-0.2, 0) is 16.0 Å². The van der Waals surface area contributed by atoms with Crippen molar-refractivity contribution in [3.8, 4) is 0 Å². The van der Waals surface area contributed by atoms with Gasteiger partial charge in [0.1, 0.15) is 0 Å². The highest BCUT2D eigenvalue weighted by atomic mass is 127. The predicted molar refractivity (Wildman–Crippen MR) is 78.9 cm³/mol. The third-order valence-corrected chi connectivity index (χ3v) is 4.07. The number of fused-ring (bicyclic) bond motifs is 1. The number of H-pyrrole nitrogens is 1. The molecular formula is C13H15IN2O2. The Morgan fingerprint density at radius 3 is 3.00 bits per heavy atom. The molecule has 96 valence electrons. The Morgan fingerprint density at radius 2 is 2.33 bits per heavy atom. The van der Waals surface area contributed by atoms with E-state index in [2.05, 4.69) is 44.9 Å². The number of rotatable bonds is 4. The van der Waals surface area contributed by atoms with E-state index in [1.54, 1.807) is 0 Å². The number of carbonyl (C=O) groups excluding carboxylic acids is 1. The van der Waals surface area contributed by atoms with Crippen LogP contribution in [0.25, 0.3) is 10.9 Å². The first kappa shape index (κ1) is 13.3. The first-order valence-electron chi connectivity index (χ1n) is 5.72. The molecule has 0 bridgehead atoms. The number of esters is 1. The van der Waals surface area contributed by atoms with E-state index < -0.39 is 0 Å². The molecule has 0 aliphatic rings. The van der Waals surface area contributed by atoms with Gasteiger partial charge in [-0.05, 0) is 30.5 Å². The Bertz CT molecular complexity index is 565. The number of aromatic amines is 1. The number of alkyl halides is 1. The number of carbonyl (C=O) groups is 1. The van der Waals surface area contributed by atoms with E-state index in [0.29, 0.717) is 6.42 Å². The number of nitrogens with zero attached hydrogens (tertiary/aromatic N) is 1. The first-order chi connectivity index (χ1) is 8.65. The second-order valence-corrected chi connectivity index (χ2v) is 5.21. The first-order valence-corrected chi connectivity index (χ1v) is 7.24. The quantitative estimate of drug-likeness (QED) is 0.519. The van der Waals surface area contributed by atoms with Crippen LogP contribution in [0.2, 0.25) is 0 Å². The largest absolute Gasteiger partial charge is 0.469 e. The van der Waals surface area contributed by atoms with Crippen LogP contribution >= 0.6 is 22.6 Å². The fraction of sp³-hybridized carbons (Fsp3) is 0.385. The predicted octanol–water partition coefficient (Wildman–Crippen LogP) is 2.64. The minimum Gasteiger partial charge on any atom is -0.469 e. The van der Waals surface area contributed by atoms with Gasteiger partial charge >= 0.3 is 5.97 Å². The molecule has 0 saturated carbocycles. The monoisotopic (exact) mass is 358 g/mol. The van der Waals surface area contributed by atoms with Crippen LogP contribution in [0.4, 0.5) is 0 Å². The number of hydrogen-bond donors (Lipinski definition) is 1.